The molecule has 0 atom stereocenters. The van der Waals surface area contributed by atoms with Gasteiger partial charge in [0.2, 0.25) is 0 Å². The minimum atomic E-state index is -0.613. The third-order valence-electron chi connectivity index (χ3n) is 3.20. The van der Waals surface area contributed by atoms with Gasteiger partial charge in [-0.3, -0.25) is 10.1 Å². The summed E-state index contributed by atoms with van der Waals surface area (Å²) in [5.74, 6) is -0.557. The Morgan fingerprint density at radius 3 is 3.04 bits per heavy atom. The van der Waals surface area contributed by atoms with Crippen LogP contribution >= 0.6 is 11.8 Å². The van der Waals surface area contributed by atoms with E-state index in [2.05, 4.69) is 20.3 Å². The number of thioether (sulfide) groups is 1. The van der Waals surface area contributed by atoms with Crippen LogP contribution in [0.5, 0.6) is 0 Å². The van der Waals surface area contributed by atoms with E-state index in [1.807, 2.05) is 6.07 Å². The van der Waals surface area contributed by atoms with E-state index in [4.69, 9.17) is 9.52 Å². The van der Waals surface area contributed by atoms with Crippen molar-refractivity contribution >= 4 is 46.0 Å². The molecule has 2 heterocycles. The summed E-state index contributed by atoms with van der Waals surface area (Å²) in [5, 5.41) is 20.5. The molecule has 3 rings (SSSR count). The highest BCUT2D eigenvalue weighted by Gasteiger charge is 2.24. The number of nitrogens with zero attached hydrogens (tertiary/aromatic N) is 2. The Morgan fingerprint density at radius 2 is 2.28 bits per heavy atom. The van der Waals surface area contributed by atoms with Gasteiger partial charge >= 0.3 is 5.97 Å². The number of aliphatic hydroxyl groups excluding tert-OH is 1. The van der Waals surface area contributed by atoms with Crippen molar-refractivity contribution in [3.63, 3.8) is 0 Å². The number of methoxy groups -OCH3 is 1. The Morgan fingerprint density at radius 1 is 1.44 bits per heavy atom. The molecular formula is C16H13N3O5S. The summed E-state index contributed by atoms with van der Waals surface area (Å²) in [6.45, 7) is -0.163. The first-order valence-electron chi connectivity index (χ1n) is 7.12. The number of carbonyl (C=O) groups excluding carboxylic acids is 2. The van der Waals surface area contributed by atoms with E-state index in [0.717, 1.165) is 28.8 Å². The SMILES string of the molecule is COC(=O)/C=C1/S/C(=N\N=Cc2ccc3oc(CO)cc3c2)NC1=O. The van der Waals surface area contributed by atoms with Crippen LogP contribution in [0.4, 0.5) is 0 Å². The van der Waals surface area contributed by atoms with Crippen LogP contribution in [0, 0.1) is 0 Å². The van der Waals surface area contributed by atoms with E-state index >= 15 is 0 Å². The van der Waals surface area contributed by atoms with Gasteiger partial charge in [0, 0.05) is 11.5 Å². The molecule has 1 aromatic carbocycles. The molecule has 2 aromatic rings. The molecular weight excluding hydrogens is 346 g/mol. The monoisotopic (exact) mass is 359 g/mol. The Labute approximate surface area is 146 Å². The predicted molar refractivity (Wildman–Crippen MR) is 93.0 cm³/mol. The summed E-state index contributed by atoms with van der Waals surface area (Å²) >= 11 is 1.000. The summed E-state index contributed by atoms with van der Waals surface area (Å²) in [4.78, 5) is 23.0. The number of nitrogens with one attached hydrogen (secondary N) is 1. The van der Waals surface area contributed by atoms with E-state index in [1.54, 1.807) is 18.2 Å². The largest absolute Gasteiger partial charge is 0.466 e. The van der Waals surface area contributed by atoms with Crippen molar-refractivity contribution < 1.29 is 23.8 Å². The highest BCUT2D eigenvalue weighted by molar-refractivity contribution is 8.18. The topological polar surface area (TPSA) is 113 Å². The van der Waals surface area contributed by atoms with Crippen molar-refractivity contribution in [2.45, 2.75) is 6.61 Å². The molecule has 0 spiro atoms. The van der Waals surface area contributed by atoms with Crippen LogP contribution in [0.1, 0.15) is 11.3 Å². The Bertz CT molecular complexity index is 929. The summed E-state index contributed by atoms with van der Waals surface area (Å²) < 4.78 is 9.88. The van der Waals surface area contributed by atoms with E-state index in [0.29, 0.717) is 11.3 Å². The van der Waals surface area contributed by atoms with Crippen molar-refractivity contribution in [3.05, 3.63) is 46.6 Å². The molecule has 8 nitrogen and oxygen atoms in total. The van der Waals surface area contributed by atoms with Gasteiger partial charge in [-0.15, -0.1) is 5.10 Å². The highest BCUT2D eigenvalue weighted by Crippen LogP contribution is 2.23. The van der Waals surface area contributed by atoms with Gasteiger partial charge in [0.05, 0.1) is 18.2 Å². The van der Waals surface area contributed by atoms with Gasteiger partial charge < -0.3 is 14.3 Å². The lowest BCUT2D eigenvalue weighted by Crippen LogP contribution is -2.19. The van der Waals surface area contributed by atoms with Gasteiger partial charge in [0.15, 0.2) is 5.17 Å². The van der Waals surface area contributed by atoms with E-state index in [1.165, 1.54) is 13.3 Å². The fourth-order valence-electron chi connectivity index (χ4n) is 2.06. The normalized spacial score (nSPS) is 17.8. The standard InChI is InChI=1S/C16H13N3O5S/c1-23-14(21)6-13-15(22)18-16(25-13)19-17-7-9-2-3-12-10(4-9)5-11(8-20)24-12/h2-7,20H,8H2,1H3,(H,18,19,22)/b13-6+,17-7?. The Balaban J connectivity index is 1.72. The van der Waals surface area contributed by atoms with Gasteiger partial charge in [-0.2, -0.15) is 5.10 Å². The number of carbonyl (C=O) groups is 2. The molecule has 0 bridgehead atoms. The van der Waals surface area contributed by atoms with Crippen LogP contribution < -0.4 is 5.32 Å². The number of amidine groups is 1. The predicted octanol–water partition coefficient (Wildman–Crippen LogP) is 1.53. The molecule has 0 unspecified atom stereocenters. The summed E-state index contributed by atoms with van der Waals surface area (Å²) in [5.41, 5.74) is 1.45. The average Bonchev–Trinajstić information content (AvgIpc) is 3.17. The highest BCUT2D eigenvalue weighted by atomic mass is 32.2. The number of hydrogen-bond acceptors (Lipinski definition) is 8. The lowest BCUT2D eigenvalue weighted by Gasteiger charge is -1.92. The third kappa shape index (κ3) is 3.95. The molecule has 1 fully saturated rings. The quantitative estimate of drug-likeness (QED) is 0.370. The number of aliphatic hydroxyl groups is 1. The number of esters is 1. The minimum absolute atomic E-state index is 0.163. The zero-order valence-corrected chi connectivity index (χ0v) is 13.9. The Kier molecular flexibility index (Phi) is 4.96. The molecule has 1 aromatic heterocycles. The van der Waals surface area contributed by atoms with Crippen molar-refractivity contribution in [2.24, 2.45) is 10.2 Å². The van der Waals surface area contributed by atoms with Gasteiger partial charge in [-0.05, 0) is 41.6 Å². The van der Waals surface area contributed by atoms with Crippen molar-refractivity contribution in [1.82, 2.24) is 5.32 Å². The molecule has 0 saturated carbocycles. The van der Waals surface area contributed by atoms with Crippen LogP contribution in [0.3, 0.4) is 0 Å². The smallest absolute Gasteiger partial charge is 0.331 e. The average molecular weight is 359 g/mol. The fraction of sp³-hybridized carbons (Fsp3) is 0.125. The maximum absolute atomic E-state index is 11.7. The van der Waals surface area contributed by atoms with Crippen molar-refractivity contribution in [2.75, 3.05) is 7.11 Å². The second kappa shape index (κ2) is 7.32. The maximum Gasteiger partial charge on any atom is 0.331 e. The lowest BCUT2D eigenvalue weighted by molar-refractivity contribution is -0.135. The molecule has 1 aliphatic rings. The first-order chi connectivity index (χ1) is 12.1. The molecule has 0 radical (unpaired) electrons. The zero-order chi connectivity index (χ0) is 17.8. The summed E-state index contributed by atoms with van der Waals surface area (Å²) in [6.07, 6.45) is 2.62. The molecule has 1 amide bonds. The first kappa shape index (κ1) is 16.9. The number of fused-ring (bicyclic) bond motifs is 1. The molecule has 9 heteroatoms. The number of benzene rings is 1. The van der Waals surface area contributed by atoms with Crippen molar-refractivity contribution in [1.29, 1.82) is 0 Å². The number of furan rings is 1. The van der Waals surface area contributed by atoms with Crippen LogP contribution in [0.2, 0.25) is 0 Å². The fourth-order valence-corrected chi connectivity index (χ4v) is 2.80. The summed E-state index contributed by atoms with van der Waals surface area (Å²) in [7, 11) is 1.23. The van der Waals surface area contributed by atoms with Crippen LogP contribution in [-0.2, 0) is 20.9 Å². The van der Waals surface area contributed by atoms with Gasteiger partial charge in [0.25, 0.3) is 5.91 Å². The number of amides is 1. The van der Waals surface area contributed by atoms with Gasteiger partial charge in [-0.25, -0.2) is 4.79 Å². The van der Waals surface area contributed by atoms with Crippen LogP contribution in [-0.4, -0.2) is 35.5 Å². The third-order valence-corrected chi connectivity index (χ3v) is 4.10. The van der Waals surface area contributed by atoms with Gasteiger partial charge in [-0.1, -0.05) is 0 Å². The number of ether oxygens (including phenoxy) is 1. The van der Waals surface area contributed by atoms with Crippen LogP contribution in [0.25, 0.3) is 11.0 Å². The summed E-state index contributed by atoms with van der Waals surface area (Å²) in [6, 6.07) is 7.14. The lowest BCUT2D eigenvalue weighted by atomic mass is 10.2. The van der Waals surface area contributed by atoms with E-state index < -0.39 is 11.9 Å². The van der Waals surface area contributed by atoms with Crippen molar-refractivity contribution in [3.8, 4) is 0 Å². The zero-order valence-electron chi connectivity index (χ0n) is 13.1. The maximum atomic E-state index is 11.7. The second-order valence-electron chi connectivity index (χ2n) is 4.91. The van der Waals surface area contributed by atoms with Gasteiger partial charge in [0.1, 0.15) is 18.0 Å². The van der Waals surface area contributed by atoms with E-state index in [-0.39, 0.29) is 16.7 Å². The number of hydrogen-bond donors (Lipinski definition) is 2. The first-order valence-corrected chi connectivity index (χ1v) is 7.94. The molecule has 25 heavy (non-hydrogen) atoms. The second-order valence-corrected chi connectivity index (χ2v) is 5.94. The molecule has 128 valence electrons. The molecule has 2 N–H and O–H groups in total. The molecule has 1 aliphatic heterocycles. The van der Waals surface area contributed by atoms with E-state index in [9.17, 15) is 9.59 Å². The Hall–Kier alpha value is -2.91. The molecule has 1 saturated heterocycles. The minimum Gasteiger partial charge on any atom is -0.466 e. The molecule has 0 aliphatic carbocycles. The van der Waals surface area contributed by atoms with Crippen LogP contribution in [0.15, 0.2) is 49.9 Å². The number of rotatable bonds is 4.